The number of aromatic nitrogens is 2. The molecule has 6 heteroatoms. The Morgan fingerprint density at radius 3 is 2.76 bits per heavy atom. The largest absolute Gasteiger partial charge is 0.474 e. The Bertz CT molecular complexity index is 593. The molecule has 0 radical (unpaired) electrons. The molecule has 0 spiro atoms. The molecule has 0 aliphatic heterocycles. The summed E-state index contributed by atoms with van der Waals surface area (Å²) in [7, 11) is 0. The third kappa shape index (κ3) is 4.19. The van der Waals surface area contributed by atoms with Gasteiger partial charge in [0.15, 0.2) is 0 Å². The maximum Gasteiger partial charge on any atom is 0.234 e. The standard InChI is InChI=1S/C15H21N3O3/c1-10(2)20-14-8-16-7-13(18-14)17-9-15(4,19)12-6-5-11(3)21-12/h5-8,10,19H,9H2,1-4H3,(H,17,18). The molecule has 0 aromatic carbocycles. The SMILES string of the molecule is Cc1ccc(C(C)(O)CNc2cncc(OC(C)C)n2)o1. The molecule has 2 rings (SSSR count). The van der Waals surface area contributed by atoms with Gasteiger partial charge in [-0.3, -0.25) is 4.98 Å². The number of nitrogens with zero attached hydrogens (tertiary/aromatic N) is 2. The fourth-order valence-corrected chi connectivity index (χ4v) is 1.81. The van der Waals surface area contributed by atoms with Crippen LogP contribution in [0, 0.1) is 6.92 Å². The van der Waals surface area contributed by atoms with Gasteiger partial charge in [-0.1, -0.05) is 0 Å². The van der Waals surface area contributed by atoms with Crippen LogP contribution in [0.3, 0.4) is 0 Å². The lowest BCUT2D eigenvalue weighted by Crippen LogP contribution is -2.30. The minimum atomic E-state index is -1.13. The molecule has 0 bridgehead atoms. The molecule has 114 valence electrons. The van der Waals surface area contributed by atoms with Gasteiger partial charge in [-0.2, -0.15) is 4.98 Å². The van der Waals surface area contributed by atoms with Crippen molar-refractivity contribution in [1.82, 2.24) is 9.97 Å². The summed E-state index contributed by atoms with van der Waals surface area (Å²) >= 11 is 0. The Hall–Kier alpha value is -2.08. The predicted molar refractivity (Wildman–Crippen MR) is 79.3 cm³/mol. The maximum atomic E-state index is 10.4. The highest BCUT2D eigenvalue weighted by atomic mass is 16.5. The Morgan fingerprint density at radius 2 is 2.14 bits per heavy atom. The summed E-state index contributed by atoms with van der Waals surface area (Å²) in [5.74, 6) is 2.26. The summed E-state index contributed by atoms with van der Waals surface area (Å²) < 4.78 is 10.9. The van der Waals surface area contributed by atoms with Crippen LogP contribution >= 0.6 is 0 Å². The van der Waals surface area contributed by atoms with E-state index in [9.17, 15) is 5.11 Å². The minimum absolute atomic E-state index is 0.0313. The van der Waals surface area contributed by atoms with E-state index in [2.05, 4.69) is 15.3 Å². The monoisotopic (exact) mass is 291 g/mol. The van der Waals surface area contributed by atoms with E-state index < -0.39 is 5.60 Å². The van der Waals surface area contributed by atoms with Crippen LogP contribution in [-0.2, 0) is 5.60 Å². The zero-order chi connectivity index (χ0) is 15.5. The van der Waals surface area contributed by atoms with Crippen LogP contribution in [0.15, 0.2) is 28.9 Å². The lowest BCUT2D eigenvalue weighted by molar-refractivity contribution is 0.0467. The molecule has 2 heterocycles. The molecule has 2 N–H and O–H groups in total. The molecule has 0 fully saturated rings. The van der Waals surface area contributed by atoms with Gasteiger partial charge in [0.2, 0.25) is 5.88 Å². The molecule has 2 aromatic heterocycles. The third-order valence-corrected chi connectivity index (χ3v) is 2.85. The Morgan fingerprint density at radius 1 is 1.38 bits per heavy atom. The van der Waals surface area contributed by atoms with Gasteiger partial charge in [0.05, 0.1) is 25.0 Å². The maximum absolute atomic E-state index is 10.4. The quantitative estimate of drug-likeness (QED) is 0.851. The van der Waals surface area contributed by atoms with Crippen molar-refractivity contribution in [2.45, 2.75) is 39.4 Å². The fourth-order valence-electron chi connectivity index (χ4n) is 1.81. The van der Waals surface area contributed by atoms with Crippen molar-refractivity contribution < 1.29 is 14.3 Å². The van der Waals surface area contributed by atoms with E-state index in [1.807, 2.05) is 26.8 Å². The second-order valence-corrected chi connectivity index (χ2v) is 5.45. The van der Waals surface area contributed by atoms with Crippen molar-refractivity contribution >= 4 is 5.82 Å². The Balaban J connectivity index is 2.02. The van der Waals surface area contributed by atoms with Gasteiger partial charge in [0, 0.05) is 0 Å². The summed E-state index contributed by atoms with van der Waals surface area (Å²) in [6, 6.07) is 3.59. The first-order chi connectivity index (χ1) is 9.87. The van der Waals surface area contributed by atoms with Gasteiger partial charge in [-0.25, -0.2) is 0 Å². The number of ether oxygens (including phenoxy) is 1. The summed E-state index contributed by atoms with van der Waals surface area (Å²) in [6.07, 6.45) is 3.17. The average molecular weight is 291 g/mol. The van der Waals surface area contributed by atoms with Gasteiger partial charge in [-0.05, 0) is 39.8 Å². The van der Waals surface area contributed by atoms with Crippen molar-refractivity contribution in [1.29, 1.82) is 0 Å². The number of hydrogen-bond acceptors (Lipinski definition) is 6. The number of nitrogens with one attached hydrogen (secondary N) is 1. The van der Waals surface area contributed by atoms with Gasteiger partial charge < -0.3 is 19.6 Å². The number of anilines is 1. The first-order valence-electron chi connectivity index (χ1n) is 6.89. The van der Waals surface area contributed by atoms with Gasteiger partial charge >= 0.3 is 0 Å². The van der Waals surface area contributed by atoms with Crippen molar-refractivity contribution in [3.8, 4) is 5.88 Å². The van der Waals surface area contributed by atoms with Gasteiger partial charge in [0.1, 0.15) is 22.9 Å². The molecule has 21 heavy (non-hydrogen) atoms. The van der Waals surface area contributed by atoms with E-state index >= 15 is 0 Å². The number of aliphatic hydroxyl groups is 1. The first-order valence-corrected chi connectivity index (χ1v) is 6.89. The summed E-state index contributed by atoms with van der Waals surface area (Å²) in [5.41, 5.74) is -1.13. The third-order valence-electron chi connectivity index (χ3n) is 2.85. The summed E-state index contributed by atoms with van der Waals surface area (Å²) in [5, 5.41) is 13.5. The zero-order valence-electron chi connectivity index (χ0n) is 12.8. The molecule has 0 saturated heterocycles. The number of rotatable bonds is 6. The molecular formula is C15H21N3O3. The van der Waals surface area contributed by atoms with E-state index in [1.54, 1.807) is 25.4 Å². The highest BCUT2D eigenvalue weighted by Crippen LogP contribution is 2.23. The van der Waals surface area contributed by atoms with Crippen LogP contribution in [0.2, 0.25) is 0 Å². The van der Waals surface area contributed by atoms with E-state index in [0.717, 1.165) is 5.76 Å². The topological polar surface area (TPSA) is 80.4 Å². The van der Waals surface area contributed by atoms with Crippen LogP contribution in [0.1, 0.15) is 32.3 Å². The molecular weight excluding hydrogens is 270 g/mol. The van der Waals surface area contributed by atoms with Crippen molar-refractivity contribution in [3.63, 3.8) is 0 Å². The van der Waals surface area contributed by atoms with Crippen molar-refractivity contribution in [3.05, 3.63) is 36.0 Å². The van der Waals surface area contributed by atoms with E-state index in [1.165, 1.54) is 0 Å². The first kappa shape index (κ1) is 15.3. The van der Waals surface area contributed by atoms with Gasteiger partial charge in [-0.15, -0.1) is 0 Å². The number of furan rings is 1. The Kier molecular flexibility index (Phi) is 4.47. The van der Waals surface area contributed by atoms with E-state index in [4.69, 9.17) is 9.15 Å². The Labute approximate surface area is 124 Å². The second kappa shape index (κ2) is 6.13. The highest BCUT2D eigenvalue weighted by molar-refractivity contribution is 5.34. The smallest absolute Gasteiger partial charge is 0.234 e. The van der Waals surface area contributed by atoms with Crippen molar-refractivity contribution in [2.24, 2.45) is 0 Å². The van der Waals surface area contributed by atoms with Crippen LogP contribution in [0.25, 0.3) is 0 Å². The van der Waals surface area contributed by atoms with E-state index in [-0.39, 0.29) is 12.6 Å². The number of aryl methyl sites for hydroxylation is 1. The average Bonchev–Trinajstić information content (AvgIpc) is 2.84. The van der Waals surface area contributed by atoms with Crippen LogP contribution in [0.4, 0.5) is 5.82 Å². The molecule has 2 aromatic rings. The molecule has 6 nitrogen and oxygen atoms in total. The summed E-state index contributed by atoms with van der Waals surface area (Å²) in [6.45, 7) is 7.61. The molecule has 0 aliphatic rings. The molecule has 0 aliphatic carbocycles. The van der Waals surface area contributed by atoms with Crippen LogP contribution < -0.4 is 10.1 Å². The fraction of sp³-hybridized carbons (Fsp3) is 0.467. The van der Waals surface area contributed by atoms with Crippen molar-refractivity contribution in [2.75, 3.05) is 11.9 Å². The normalized spacial score (nSPS) is 14.0. The molecule has 0 saturated carbocycles. The van der Waals surface area contributed by atoms with Crippen LogP contribution in [-0.4, -0.2) is 27.7 Å². The highest BCUT2D eigenvalue weighted by Gasteiger charge is 2.26. The molecule has 0 amide bonds. The molecule has 1 atom stereocenters. The van der Waals surface area contributed by atoms with E-state index in [0.29, 0.717) is 17.5 Å². The summed E-state index contributed by atoms with van der Waals surface area (Å²) in [4.78, 5) is 8.34. The minimum Gasteiger partial charge on any atom is -0.474 e. The molecule has 1 unspecified atom stereocenters. The lowest BCUT2D eigenvalue weighted by atomic mass is 10.0. The number of hydrogen-bond donors (Lipinski definition) is 2. The van der Waals surface area contributed by atoms with Gasteiger partial charge in [0.25, 0.3) is 0 Å². The lowest BCUT2D eigenvalue weighted by Gasteiger charge is -2.21. The van der Waals surface area contributed by atoms with Crippen LogP contribution in [0.5, 0.6) is 5.88 Å². The zero-order valence-corrected chi connectivity index (χ0v) is 12.8. The second-order valence-electron chi connectivity index (χ2n) is 5.45. The predicted octanol–water partition coefficient (Wildman–Crippen LogP) is 2.48.